The summed E-state index contributed by atoms with van der Waals surface area (Å²) < 4.78 is 4.82. The van der Waals surface area contributed by atoms with Gasteiger partial charge in [-0.1, -0.05) is 164 Å². The van der Waals surface area contributed by atoms with Crippen molar-refractivity contribution in [2.24, 2.45) is 0 Å². The van der Waals surface area contributed by atoms with E-state index in [9.17, 15) is 0 Å². The fourth-order valence-corrected chi connectivity index (χ4v) is 9.65. The Hall–Kier alpha value is -7.14. The summed E-state index contributed by atoms with van der Waals surface area (Å²) in [6, 6.07) is 70.0. The highest BCUT2D eigenvalue weighted by molar-refractivity contribution is 7.26. The van der Waals surface area contributed by atoms with Crippen molar-refractivity contribution in [2.75, 3.05) is 0 Å². The Kier molecular flexibility index (Phi) is 7.68. The summed E-state index contributed by atoms with van der Waals surface area (Å²) in [4.78, 5) is 9.82. The molecule has 0 atom stereocenters. The lowest BCUT2D eigenvalue weighted by Gasteiger charge is -2.21. The Morgan fingerprint density at radius 1 is 0.393 bits per heavy atom. The fourth-order valence-electron chi connectivity index (χ4n) is 8.48. The van der Waals surface area contributed by atoms with Gasteiger partial charge in [0.15, 0.2) is 0 Å². The molecule has 0 aliphatic rings. The van der Waals surface area contributed by atoms with E-state index < -0.39 is 0 Å². The first-order valence-corrected chi connectivity index (χ1v) is 19.7. The maximum Gasteiger partial charge on any atom is 0.116 e. The van der Waals surface area contributed by atoms with Crippen molar-refractivity contribution >= 4 is 53.4 Å². The first-order chi connectivity index (χ1) is 27.8. The van der Waals surface area contributed by atoms with Crippen LogP contribution in [0.15, 0.2) is 200 Å². The van der Waals surface area contributed by atoms with E-state index in [0.29, 0.717) is 0 Å². The minimum Gasteiger partial charge on any atom is -0.308 e. The van der Waals surface area contributed by atoms with E-state index in [1.54, 1.807) is 17.7 Å². The molecule has 0 saturated carbocycles. The van der Waals surface area contributed by atoms with E-state index in [2.05, 4.69) is 199 Å². The number of aromatic nitrogens is 3. The molecule has 0 saturated heterocycles. The number of thiophene rings is 1. The number of fused-ring (bicyclic) bond motifs is 6. The van der Waals surface area contributed by atoms with Crippen molar-refractivity contribution in [1.82, 2.24) is 14.5 Å². The second-order valence-corrected chi connectivity index (χ2v) is 15.2. The predicted octanol–water partition coefficient (Wildman–Crippen LogP) is 14.3. The van der Waals surface area contributed by atoms with Gasteiger partial charge in [0, 0.05) is 37.5 Å². The highest BCUT2D eigenvalue weighted by Crippen LogP contribution is 2.48. The molecule has 0 aliphatic carbocycles. The average Bonchev–Trinajstić information content (AvgIpc) is 3.83. The zero-order chi connectivity index (χ0) is 37.0. The lowest BCUT2D eigenvalue weighted by atomic mass is 9.91. The topological polar surface area (TPSA) is 30.7 Å². The van der Waals surface area contributed by atoms with Gasteiger partial charge in [-0.3, -0.25) is 0 Å². The highest BCUT2D eigenvalue weighted by Gasteiger charge is 2.25. The summed E-state index contributed by atoms with van der Waals surface area (Å²) in [6.45, 7) is 0. The van der Waals surface area contributed by atoms with Crippen LogP contribution in [0.3, 0.4) is 0 Å². The van der Waals surface area contributed by atoms with Crippen LogP contribution in [-0.2, 0) is 0 Å². The Balaban J connectivity index is 1.32. The summed E-state index contributed by atoms with van der Waals surface area (Å²) in [6.07, 6.45) is 1.72. The van der Waals surface area contributed by atoms with Crippen LogP contribution in [0.4, 0.5) is 0 Å². The number of hydrogen-bond donors (Lipinski definition) is 0. The summed E-state index contributed by atoms with van der Waals surface area (Å²) in [5.41, 5.74) is 15.8. The molecule has 11 aromatic rings. The third-order valence-electron chi connectivity index (χ3n) is 10.9. The summed E-state index contributed by atoms with van der Waals surface area (Å²) in [5.74, 6) is 0. The van der Waals surface area contributed by atoms with E-state index >= 15 is 0 Å². The van der Waals surface area contributed by atoms with Gasteiger partial charge in [0.1, 0.15) is 6.33 Å². The van der Waals surface area contributed by atoms with E-state index in [4.69, 9.17) is 9.97 Å². The van der Waals surface area contributed by atoms with Crippen molar-refractivity contribution in [3.05, 3.63) is 200 Å². The molecule has 0 radical (unpaired) electrons. The van der Waals surface area contributed by atoms with Crippen LogP contribution in [-0.4, -0.2) is 14.5 Å². The van der Waals surface area contributed by atoms with Gasteiger partial charge >= 0.3 is 0 Å². The van der Waals surface area contributed by atoms with Crippen LogP contribution < -0.4 is 0 Å². The first-order valence-electron chi connectivity index (χ1n) is 18.9. The predicted molar refractivity (Wildman–Crippen MR) is 236 cm³/mol. The maximum absolute atomic E-state index is 5.02. The molecule has 11 rings (SSSR count). The van der Waals surface area contributed by atoms with Gasteiger partial charge in [0.05, 0.1) is 32.6 Å². The van der Waals surface area contributed by atoms with Crippen molar-refractivity contribution in [3.8, 4) is 61.5 Å². The molecule has 3 nitrogen and oxygen atoms in total. The molecule has 0 N–H and O–H groups in total. The van der Waals surface area contributed by atoms with Crippen LogP contribution in [0.5, 0.6) is 0 Å². The smallest absolute Gasteiger partial charge is 0.116 e. The quantitative estimate of drug-likeness (QED) is 0.170. The van der Waals surface area contributed by atoms with Gasteiger partial charge < -0.3 is 4.57 Å². The number of hydrogen-bond acceptors (Lipinski definition) is 3. The van der Waals surface area contributed by atoms with E-state index in [1.807, 2.05) is 0 Å². The van der Waals surface area contributed by atoms with Crippen LogP contribution in [0.1, 0.15) is 0 Å². The Bertz CT molecular complexity index is 3060. The third kappa shape index (κ3) is 5.19. The molecule has 4 heteroatoms. The monoisotopic (exact) mass is 731 g/mol. The molecule has 8 aromatic carbocycles. The maximum atomic E-state index is 5.02. The summed E-state index contributed by atoms with van der Waals surface area (Å²) in [5, 5.41) is 3.63. The Morgan fingerprint density at radius 2 is 0.857 bits per heavy atom. The van der Waals surface area contributed by atoms with Crippen LogP contribution in [0.2, 0.25) is 0 Å². The molecule has 3 heterocycles. The van der Waals surface area contributed by atoms with Gasteiger partial charge in [0.25, 0.3) is 0 Å². The molecule has 3 aromatic heterocycles. The van der Waals surface area contributed by atoms with Gasteiger partial charge in [-0.15, -0.1) is 11.3 Å². The molecule has 0 amide bonds. The number of rotatable bonds is 6. The highest BCUT2D eigenvalue weighted by atomic mass is 32.1. The van der Waals surface area contributed by atoms with Gasteiger partial charge in [-0.2, -0.15) is 0 Å². The van der Waals surface area contributed by atoms with Crippen molar-refractivity contribution < 1.29 is 0 Å². The average molecular weight is 732 g/mol. The lowest BCUT2D eigenvalue weighted by Crippen LogP contribution is -2.02. The third-order valence-corrected chi connectivity index (χ3v) is 12.1. The van der Waals surface area contributed by atoms with Crippen LogP contribution in [0, 0.1) is 0 Å². The minimum atomic E-state index is 0.942. The van der Waals surface area contributed by atoms with Gasteiger partial charge in [-0.25, -0.2) is 9.97 Å². The van der Waals surface area contributed by atoms with Gasteiger partial charge in [0.2, 0.25) is 0 Å². The molecule has 0 fully saturated rings. The van der Waals surface area contributed by atoms with E-state index in [1.165, 1.54) is 37.7 Å². The Labute approximate surface area is 328 Å². The SMILES string of the molecule is c1ccc(-c2cc(-c3ncnc4c3sc3ccccc34)cc(-c3ccccc3)c2-n2c3cccc(-c4ccccc4)c3c3c(-c4ccccc4)cccc32)cc1. The molecule has 0 unspecified atom stereocenters. The van der Waals surface area contributed by atoms with Crippen molar-refractivity contribution in [3.63, 3.8) is 0 Å². The number of nitrogens with zero attached hydrogens (tertiary/aromatic N) is 3. The molecule has 262 valence electrons. The standard InChI is InChI=1S/C52H33N3S/c1-5-17-34(18-6-1)39-26-15-28-44-47(39)48-40(35-19-7-2-8-20-35)27-16-29-45(48)55(44)51-42(36-21-9-3-10-22-36)31-38(32-43(51)37-23-11-4-12-24-37)49-52-50(54-33-53-49)41-25-13-14-30-46(41)56-52/h1-33H. The molecular weight excluding hydrogens is 699 g/mol. The summed E-state index contributed by atoms with van der Waals surface area (Å²) in [7, 11) is 0. The number of benzene rings is 8. The zero-order valence-electron chi connectivity index (χ0n) is 30.3. The van der Waals surface area contributed by atoms with E-state index in [0.717, 1.165) is 65.8 Å². The normalized spacial score (nSPS) is 11.6. The minimum absolute atomic E-state index is 0.942. The van der Waals surface area contributed by atoms with Crippen LogP contribution >= 0.6 is 11.3 Å². The fraction of sp³-hybridized carbons (Fsp3) is 0. The zero-order valence-corrected chi connectivity index (χ0v) is 31.1. The van der Waals surface area contributed by atoms with Crippen molar-refractivity contribution in [2.45, 2.75) is 0 Å². The molecule has 0 bridgehead atoms. The van der Waals surface area contributed by atoms with E-state index in [-0.39, 0.29) is 0 Å². The molecule has 0 spiro atoms. The van der Waals surface area contributed by atoms with Crippen LogP contribution in [0.25, 0.3) is 104 Å². The first kappa shape index (κ1) is 32.3. The lowest BCUT2D eigenvalue weighted by molar-refractivity contribution is 1.18. The van der Waals surface area contributed by atoms with Gasteiger partial charge in [-0.05, 0) is 63.7 Å². The molecule has 0 aliphatic heterocycles. The molecule has 56 heavy (non-hydrogen) atoms. The van der Waals surface area contributed by atoms with Crippen molar-refractivity contribution in [1.29, 1.82) is 0 Å². The molecular formula is C52H33N3S. The Morgan fingerprint density at radius 3 is 1.38 bits per heavy atom. The second-order valence-electron chi connectivity index (χ2n) is 14.1. The largest absolute Gasteiger partial charge is 0.308 e. The second kappa shape index (κ2) is 13.3. The summed E-state index contributed by atoms with van der Waals surface area (Å²) >= 11 is 1.76.